The molecule has 0 fully saturated rings. The molecule has 0 aromatic heterocycles. The predicted octanol–water partition coefficient (Wildman–Crippen LogP) is 6.98. The van der Waals surface area contributed by atoms with Crippen LogP contribution in [0, 0.1) is 0 Å². The molecule has 6 nitrogen and oxygen atoms in total. The molecule has 44 heavy (non-hydrogen) atoms. The minimum absolute atomic E-state index is 0.0527. The van der Waals surface area contributed by atoms with Crippen molar-refractivity contribution in [1.29, 1.82) is 0 Å². The van der Waals surface area contributed by atoms with Crippen molar-refractivity contribution in [3.63, 3.8) is 0 Å². The van der Waals surface area contributed by atoms with Crippen molar-refractivity contribution in [2.75, 3.05) is 39.0 Å². The molecule has 2 aromatic rings. The van der Waals surface area contributed by atoms with Crippen LogP contribution in [0.1, 0.15) is 67.3 Å². The molecule has 13 heteroatoms. The molecule has 0 bridgehead atoms. The minimum Gasteiger partial charge on any atom is -0.345 e. The number of likely N-dealkylation sites (N-methyl/N-ethyl adjacent to an activating group) is 1. The Bertz CT molecular complexity index is 1340. The lowest BCUT2D eigenvalue weighted by Crippen LogP contribution is -2.60. The van der Waals surface area contributed by atoms with Gasteiger partial charge in [0.25, 0.3) is 5.91 Å². The second-order valence-corrected chi connectivity index (χ2v) is 11.7. The molecule has 0 saturated heterocycles. The highest BCUT2D eigenvalue weighted by Crippen LogP contribution is 2.46. The summed E-state index contributed by atoms with van der Waals surface area (Å²) in [5.41, 5.74) is 3.58. The van der Waals surface area contributed by atoms with Crippen LogP contribution in [-0.2, 0) is 9.59 Å². The lowest BCUT2D eigenvalue weighted by atomic mass is 10.1. The number of ketones is 1. The molecule has 2 N–H and O–H groups in total. The lowest BCUT2D eigenvalue weighted by molar-refractivity contribution is -0.889. The maximum absolute atomic E-state index is 13.4. The molecule has 0 atom stereocenters. The maximum Gasteiger partial charge on any atom is 0.460 e. The number of unbranched alkanes of at least 4 members (excludes halogenated alkanes) is 6. The molecule has 0 unspecified atom stereocenters. The zero-order valence-corrected chi connectivity index (χ0v) is 24.6. The van der Waals surface area contributed by atoms with Gasteiger partial charge in [-0.1, -0.05) is 56.0 Å². The Morgan fingerprint density at radius 1 is 0.727 bits per heavy atom. The quantitative estimate of drug-likeness (QED) is 0.102. The number of nitrogens with one attached hydrogen (secondary N) is 2. The van der Waals surface area contributed by atoms with E-state index in [-0.39, 0.29) is 22.7 Å². The van der Waals surface area contributed by atoms with Crippen LogP contribution in [0.15, 0.2) is 42.5 Å². The Morgan fingerprint density at radius 2 is 1.30 bits per heavy atom. The number of quaternary nitrogens is 1. The zero-order chi connectivity index (χ0) is 32.8. The van der Waals surface area contributed by atoms with Crippen molar-refractivity contribution in [3.05, 3.63) is 53.6 Å². The lowest BCUT2D eigenvalue weighted by Gasteiger charge is -2.31. The fraction of sp³-hybridized carbons (Fsp3) is 0.516. The minimum atomic E-state index is -6.56. The van der Waals surface area contributed by atoms with Gasteiger partial charge in [-0.05, 0) is 42.5 Å². The summed E-state index contributed by atoms with van der Waals surface area (Å²) in [4.78, 5) is 36.4. The highest BCUT2D eigenvalue weighted by atomic mass is 19.4. The van der Waals surface area contributed by atoms with E-state index < -0.39 is 30.5 Å². The normalized spacial score (nSPS) is 13.4. The fourth-order valence-electron chi connectivity index (χ4n) is 5.05. The van der Waals surface area contributed by atoms with Gasteiger partial charge >= 0.3 is 18.0 Å². The largest absolute Gasteiger partial charge is 0.460 e. The van der Waals surface area contributed by atoms with Crippen molar-refractivity contribution in [1.82, 2.24) is 5.32 Å². The number of carbonyl (C=O) groups excluding carboxylic acids is 3. The number of hydrogen-bond acceptors (Lipinski definition) is 3. The summed E-state index contributed by atoms with van der Waals surface area (Å²) in [7, 11) is 3.47. The summed E-state index contributed by atoms with van der Waals surface area (Å²) in [5.74, 6) is -15.2. The summed E-state index contributed by atoms with van der Waals surface area (Å²) >= 11 is 0. The monoisotopic (exact) mass is 632 g/mol. The van der Waals surface area contributed by atoms with E-state index in [2.05, 4.69) is 5.32 Å². The Morgan fingerprint density at radius 3 is 1.93 bits per heavy atom. The van der Waals surface area contributed by atoms with Crippen molar-refractivity contribution >= 4 is 23.3 Å². The molecule has 2 amide bonds. The maximum atomic E-state index is 13.4. The number of hydrogen-bond donors (Lipinski definition) is 2. The number of alkyl halides is 7. The van der Waals surface area contributed by atoms with Gasteiger partial charge < -0.3 is 15.1 Å². The average Bonchev–Trinajstić information content (AvgIpc) is 3.22. The van der Waals surface area contributed by atoms with Gasteiger partial charge in [0.15, 0.2) is 5.78 Å². The third-order valence-corrected chi connectivity index (χ3v) is 7.72. The number of nitrogens with zero attached hydrogens (tertiary/aromatic N) is 1. The summed E-state index contributed by atoms with van der Waals surface area (Å²) in [6.07, 6.45) is -0.194. The molecule has 3 rings (SSSR count). The van der Waals surface area contributed by atoms with Crippen LogP contribution in [0.25, 0.3) is 11.1 Å². The Labute approximate surface area is 251 Å². The van der Waals surface area contributed by atoms with Gasteiger partial charge in [-0.3, -0.25) is 14.4 Å². The van der Waals surface area contributed by atoms with Crippen LogP contribution in [0.4, 0.5) is 36.4 Å². The van der Waals surface area contributed by atoms with E-state index in [1.165, 1.54) is 5.32 Å². The van der Waals surface area contributed by atoms with E-state index in [1.807, 2.05) is 24.3 Å². The Hall–Kier alpha value is -3.48. The molecule has 0 heterocycles. The van der Waals surface area contributed by atoms with Gasteiger partial charge in [0.1, 0.15) is 0 Å². The number of carbonyl (C=O) groups is 3. The number of benzene rings is 2. The summed E-state index contributed by atoms with van der Waals surface area (Å²) < 4.78 is 89.8. The fourth-order valence-corrected chi connectivity index (χ4v) is 5.05. The topological polar surface area (TPSA) is 75.3 Å². The second-order valence-electron chi connectivity index (χ2n) is 11.7. The zero-order valence-electron chi connectivity index (χ0n) is 24.6. The Kier molecular flexibility index (Phi) is 11.2. The number of amides is 2. The second kappa shape index (κ2) is 14.1. The van der Waals surface area contributed by atoms with E-state index in [1.54, 1.807) is 32.3 Å². The first kappa shape index (κ1) is 35.0. The van der Waals surface area contributed by atoms with Crippen molar-refractivity contribution in [2.24, 2.45) is 0 Å². The molecule has 1 aliphatic rings. The van der Waals surface area contributed by atoms with Gasteiger partial charge in [0, 0.05) is 23.2 Å². The predicted molar refractivity (Wildman–Crippen MR) is 152 cm³/mol. The van der Waals surface area contributed by atoms with Crippen LogP contribution in [0.2, 0.25) is 0 Å². The molecular formula is C31H37F7N3O3+. The highest BCUT2D eigenvalue weighted by Gasteiger charge is 2.76. The molecule has 0 spiro atoms. The molecule has 0 aliphatic heterocycles. The number of anilines is 1. The van der Waals surface area contributed by atoms with Gasteiger partial charge in [-0.2, -0.15) is 30.7 Å². The smallest absolute Gasteiger partial charge is 0.345 e. The Balaban J connectivity index is 1.25. The molecule has 1 aliphatic carbocycles. The molecular weight excluding hydrogens is 595 g/mol. The number of rotatable bonds is 16. The van der Waals surface area contributed by atoms with Crippen LogP contribution in [0.3, 0.4) is 0 Å². The van der Waals surface area contributed by atoms with Crippen molar-refractivity contribution in [3.8, 4) is 11.1 Å². The molecule has 2 aromatic carbocycles. The number of fused-ring (bicyclic) bond motifs is 3. The van der Waals surface area contributed by atoms with Crippen LogP contribution >= 0.6 is 0 Å². The standard InChI is InChI=1S/C31H36F7N3O3/c1-41(2,19-17-39-28(44)29(32,33)30(34,35)31(36,37)38)18-11-7-5-3-4-6-8-14-26(42)40-21-15-16-23-22-12-9-10-13-24(22)27(43)25(23)20-21/h9-10,12-13,15-16,20H,3-8,11,14,17-19H2,1-2H3,(H-,39,40,42,43,44)/p+1. The molecule has 0 saturated carbocycles. The van der Waals surface area contributed by atoms with Crippen molar-refractivity contribution in [2.45, 2.75) is 69.4 Å². The SMILES string of the molecule is C[N+](C)(CCCCCCCCCC(=O)Nc1ccc2c(c1)C(=O)c1ccccc1-2)CCNC(=O)C(F)(F)C(F)(F)C(F)(F)F. The van der Waals surface area contributed by atoms with E-state index in [9.17, 15) is 45.1 Å². The van der Waals surface area contributed by atoms with Gasteiger partial charge in [0.05, 0.1) is 33.7 Å². The molecule has 242 valence electrons. The first-order valence-electron chi connectivity index (χ1n) is 14.5. The summed E-state index contributed by atoms with van der Waals surface area (Å²) in [5, 5.41) is 4.36. The summed E-state index contributed by atoms with van der Waals surface area (Å²) in [6.45, 7) is 0.171. The third-order valence-electron chi connectivity index (χ3n) is 7.72. The highest BCUT2D eigenvalue weighted by molar-refractivity contribution is 6.22. The van der Waals surface area contributed by atoms with E-state index in [0.29, 0.717) is 36.2 Å². The van der Waals surface area contributed by atoms with Gasteiger partial charge in [0.2, 0.25) is 5.91 Å². The molecule has 0 radical (unpaired) electrons. The van der Waals surface area contributed by atoms with Gasteiger partial charge in [-0.15, -0.1) is 0 Å². The first-order chi connectivity index (χ1) is 20.5. The number of halogens is 7. The van der Waals surface area contributed by atoms with Crippen molar-refractivity contribution < 1.29 is 49.6 Å². The van der Waals surface area contributed by atoms with Crippen LogP contribution < -0.4 is 10.6 Å². The first-order valence-corrected chi connectivity index (χ1v) is 14.5. The average molecular weight is 633 g/mol. The van der Waals surface area contributed by atoms with E-state index in [4.69, 9.17) is 0 Å². The van der Waals surface area contributed by atoms with Gasteiger partial charge in [-0.25, -0.2) is 0 Å². The summed E-state index contributed by atoms with van der Waals surface area (Å²) in [6, 6.07) is 12.7. The van der Waals surface area contributed by atoms with E-state index in [0.717, 1.165) is 49.7 Å². The third kappa shape index (κ3) is 8.36. The van der Waals surface area contributed by atoms with E-state index >= 15 is 0 Å². The van der Waals surface area contributed by atoms with Crippen LogP contribution in [-0.4, -0.2) is 73.8 Å². The van der Waals surface area contributed by atoms with Crippen LogP contribution in [0.5, 0.6) is 0 Å².